The Balaban J connectivity index is 1.36. The first-order chi connectivity index (χ1) is 13.7. The van der Waals surface area contributed by atoms with Crippen LogP contribution in [-0.2, 0) is 0 Å². The quantitative estimate of drug-likeness (QED) is 0.316. The fraction of sp³-hybridized carbons (Fsp3) is 0.286. The zero-order valence-corrected chi connectivity index (χ0v) is 15.9. The molecule has 0 saturated heterocycles. The van der Waals surface area contributed by atoms with Crippen LogP contribution in [0.4, 0.5) is 0 Å². The summed E-state index contributed by atoms with van der Waals surface area (Å²) < 4.78 is 5.64. The van der Waals surface area contributed by atoms with E-state index in [1.165, 1.54) is 4.90 Å². The molecule has 146 valence electrons. The second-order valence-corrected chi connectivity index (χ2v) is 6.25. The lowest BCUT2D eigenvalue weighted by molar-refractivity contribution is 0.0657. The summed E-state index contributed by atoms with van der Waals surface area (Å²) in [6.07, 6.45) is 0.813. The summed E-state index contributed by atoms with van der Waals surface area (Å²) in [4.78, 5) is 30.1. The summed E-state index contributed by atoms with van der Waals surface area (Å²) in [5.74, 6) is 0.981. The molecule has 0 aromatic heterocycles. The molecule has 0 fully saturated rings. The lowest BCUT2D eigenvalue weighted by Gasteiger charge is -2.16. The van der Waals surface area contributed by atoms with Gasteiger partial charge in [0, 0.05) is 26.7 Å². The molecule has 0 saturated carbocycles. The van der Waals surface area contributed by atoms with Crippen molar-refractivity contribution < 1.29 is 14.3 Å². The summed E-state index contributed by atoms with van der Waals surface area (Å²) in [5.41, 5.74) is 0.932. The fourth-order valence-electron chi connectivity index (χ4n) is 2.93. The second kappa shape index (κ2) is 9.55. The Hall–Kier alpha value is -3.35. The number of rotatable bonds is 8. The highest BCUT2D eigenvalue weighted by molar-refractivity contribution is 6.21. The lowest BCUT2D eigenvalue weighted by Crippen LogP contribution is -2.43. The number of nitrogens with one attached hydrogen (secondary N) is 2. The molecule has 0 spiro atoms. The van der Waals surface area contributed by atoms with Crippen LogP contribution in [0.1, 0.15) is 27.1 Å². The number of benzene rings is 2. The molecule has 0 radical (unpaired) electrons. The highest BCUT2D eigenvalue weighted by Gasteiger charge is 2.34. The van der Waals surface area contributed by atoms with Crippen LogP contribution in [0.2, 0.25) is 0 Å². The summed E-state index contributed by atoms with van der Waals surface area (Å²) in [6.45, 7) is 2.00. The number of para-hydroxylation sites is 1. The Bertz CT molecular complexity index is 817. The number of ether oxygens (including phenoxy) is 1. The molecular weight excluding hydrogens is 356 g/mol. The van der Waals surface area contributed by atoms with Gasteiger partial charge in [-0.25, -0.2) is 0 Å². The van der Waals surface area contributed by atoms with Crippen LogP contribution < -0.4 is 15.4 Å². The van der Waals surface area contributed by atoms with E-state index in [2.05, 4.69) is 15.6 Å². The van der Waals surface area contributed by atoms with Crippen LogP contribution in [-0.4, -0.2) is 56.0 Å². The van der Waals surface area contributed by atoms with Gasteiger partial charge in [-0.15, -0.1) is 0 Å². The topological polar surface area (TPSA) is 83.0 Å². The number of carbonyl (C=O) groups excluding carboxylic acids is 2. The van der Waals surface area contributed by atoms with Gasteiger partial charge in [-0.1, -0.05) is 30.3 Å². The highest BCUT2D eigenvalue weighted by Crippen LogP contribution is 2.21. The molecule has 1 heterocycles. The number of fused-ring (bicyclic) bond motifs is 1. The van der Waals surface area contributed by atoms with Crippen molar-refractivity contribution in [1.82, 2.24) is 15.5 Å². The smallest absolute Gasteiger partial charge is 0.261 e. The van der Waals surface area contributed by atoms with Gasteiger partial charge in [0.25, 0.3) is 11.8 Å². The van der Waals surface area contributed by atoms with Crippen molar-refractivity contribution in [3.63, 3.8) is 0 Å². The molecule has 0 aliphatic carbocycles. The van der Waals surface area contributed by atoms with Gasteiger partial charge in [-0.3, -0.25) is 19.5 Å². The van der Waals surface area contributed by atoms with Crippen molar-refractivity contribution >= 4 is 17.8 Å². The van der Waals surface area contributed by atoms with E-state index in [0.29, 0.717) is 36.8 Å². The molecule has 1 aliphatic rings. The summed E-state index contributed by atoms with van der Waals surface area (Å²) in [5, 5.41) is 6.32. The van der Waals surface area contributed by atoms with Gasteiger partial charge in [-0.2, -0.15) is 0 Å². The predicted molar refractivity (Wildman–Crippen MR) is 108 cm³/mol. The van der Waals surface area contributed by atoms with E-state index in [0.717, 1.165) is 12.2 Å². The second-order valence-electron chi connectivity index (χ2n) is 6.25. The molecule has 3 rings (SSSR count). The summed E-state index contributed by atoms with van der Waals surface area (Å²) >= 11 is 0. The number of hydrogen-bond acceptors (Lipinski definition) is 4. The van der Waals surface area contributed by atoms with Crippen molar-refractivity contribution in [3.05, 3.63) is 65.7 Å². The van der Waals surface area contributed by atoms with E-state index >= 15 is 0 Å². The van der Waals surface area contributed by atoms with Gasteiger partial charge in [0.15, 0.2) is 5.96 Å². The Kier molecular flexibility index (Phi) is 6.62. The average Bonchev–Trinajstić information content (AvgIpc) is 2.98. The summed E-state index contributed by atoms with van der Waals surface area (Å²) in [6, 6.07) is 16.6. The third-order valence-corrected chi connectivity index (χ3v) is 4.36. The van der Waals surface area contributed by atoms with Crippen LogP contribution in [0.3, 0.4) is 0 Å². The Labute approximate surface area is 164 Å². The van der Waals surface area contributed by atoms with E-state index in [1.807, 2.05) is 30.3 Å². The van der Waals surface area contributed by atoms with Crippen molar-refractivity contribution in [1.29, 1.82) is 0 Å². The lowest BCUT2D eigenvalue weighted by atomic mass is 10.1. The van der Waals surface area contributed by atoms with E-state index in [1.54, 1.807) is 31.3 Å². The first-order valence-electron chi connectivity index (χ1n) is 9.28. The average molecular weight is 380 g/mol. The Morgan fingerprint density at radius 1 is 0.929 bits per heavy atom. The van der Waals surface area contributed by atoms with E-state index in [-0.39, 0.29) is 18.4 Å². The zero-order chi connectivity index (χ0) is 19.8. The van der Waals surface area contributed by atoms with E-state index in [4.69, 9.17) is 4.74 Å². The molecule has 2 aromatic carbocycles. The van der Waals surface area contributed by atoms with Gasteiger partial charge in [0.1, 0.15) is 5.75 Å². The van der Waals surface area contributed by atoms with Gasteiger partial charge < -0.3 is 15.4 Å². The first-order valence-corrected chi connectivity index (χ1v) is 9.28. The van der Waals surface area contributed by atoms with Gasteiger partial charge >= 0.3 is 0 Å². The van der Waals surface area contributed by atoms with Crippen LogP contribution in [0.25, 0.3) is 0 Å². The summed E-state index contributed by atoms with van der Waals surface area (Å²) in [7, 11) is 1.68. The molecule has 7 heteroatoms. The van der Waals surface area contributed by atoms with E-state index in [9.17, 15) is 9.59 Å². The van der Waals surface area contributed by atoms with Crippen LogP contribution in [0.15, 0.2) is 59.6 Å². The minimum Gasteiger partial charge on any atom is -0.494 e. The molecule has 0 unspecified atom stereocenters. The van der Waals surface area contributed by atoms with Crippen molar-refractivity contribution in [3.8, 4) is 5.75 Å². The van der Waals surface area contributed by atoms with Gasteiger partial charge in [0.05, 0.1) is 17.7 Å². The van der Waals surface area contributed by atoms with Crippen LogP contribution in [0.5, 0.6) is 5.75 Å². The van der Waals surface area contributed by atoms with Crippen molar-refractivity contribution in [2.24, 2.45) is 4.99 Å². The number of imide groups is 1. The third kappa shape index (κ3) is 4.68. The third-order valence-electron chi connectivity index (χ3n) is 4.36. The largest absolute Gasteiger partial charge is 0.494 e. The number of aliphatic imine (C=N–C) groups is 1. The highest BCUT2D eigenvalue weighted by atomic mass is 16.5. The molecular formula is C21H24N4O3. The maximum Gasteiger partial charge on any atom is 0.261 e. The van der Waals surface area contributed by atoms with Crippen molar-refractivity contribution in [2.45, 2.75) is 6.42 Å². The maximum atomic E-state index is 12.3. The Morgan fingerprint density at radius 2 is 1.54 bits per heavy atom. The fourth-order valence-corrected chi connectivity index (χ4v) is 2.93. The number of guanidine groups is 1. The first kappa shape index (κ1) is 19.4. The number of hydrogen-bond donors (Lipinski definition) is 2. The molecule has 2 amide bonds. The minimum atomic E-state index is -0.247. The molecule has 7 nitrogen and oxygen atoms in total. The minimum absolute atomic E-state index is 0.247. The van der Waals surface area contributed by atoms with Crippen LogP contribution in [0, 0.1) is 0 Å². The molecule has 0 atom stereocenters. The number of carbonyl (C=O) groups is 2. The number of nitrogens with zero attached hydrogens (tertiary/aromatic N) is 2. The molecule has 28 heavy (non-hydrogen) atoms. The Morgan fingerprint density at radius 3 is 2.18 bits per heavy atom. The standard InChI is InChI=1S/C21H24N4O3/c1-22-21(23-12-7-15-28-16-8-3-2-4-9-16)24-13-14-25-19(26)17-10-5-6-11-18(17)20(25)27/h2-6,8-11H,7,12-15H2,1H3,(H2,22,23,24). The zero-order valence-electron chi connectivity index (χ0n) is 15.9. The van der Waals surface area contributed by atoms with Crippen molar-refractivity contribution in [2.75, 3.05) is 33.3 Å². The maximum absolute atomic E-state index is 12.3. The SMILES string of the molecule is CN=C(NCCCOc1ccccc1)NCCN1C(=O)c2ccccc2C1=O. The number of amides is 2. The molecule has 0 bridgehead atoms. The molecule has 2 aromatic rings. The monoisotopic (exact) mass is 380 g/mol. The van der Waals surface area contributed by atoms with E-state index < -0.39 is 0 Å². The van der Waals surface area contributed by atoms with Gasteiger partial charge in [-0.05, 0) is 30.7 Å². The predicted octanol–water partition coefficient (Wildman–Crippen LogP) is 1.92. The van der Waals surface area contributed by atoms with Gasteiger partial charge in [0.2, 0.25) is 0 Å². The van der Waals surface area contributed by atoms with Crippen LogP contribution >= 0.6 is 0 Å². The molecule has 1 aliphatic heterocycles. The normalized spacial score (nSPS) is 13.5. The molecule has 2 N–H and O–H groups in total.